The van der Waals surface area contributed by atoms with Crippen LogP contribution in [0.25, 0.3) is 0 Å². The van der Waals surface area contributed by atoms with Crippen LogP contribution in [0.1, 0.15) is 156 Å². The molecule has 0 aliphatic carbocycles. The molecule has 3 unspecified atom stereocenters. The normalized spacial score (nSPS) is 15.3. The summed E-state index contributed by atoms with van der Waals surface area (Å²) in [4.78, 5) is 35.9. The first-order valence-corrected chi connectivity index (χ1v) is 17.8. The van der Waals surface area contributed by atoms with Crippen molar-refractivity contribution in [2.45, 2.75) is 156 Å². The van der Waals surface area contributed by atoms with E-state index in [1.165, 1.54) is 96.3 Å². The van der Waals surface area contributed by atoms with E-state index in [1.54, 1.807) is 0 Å². The Labute approximate surface area is 264 Å². The lowest BCUT2D eigenvalue weighted by molar-refractivity contribution is -0.929. The van der Waals surface area contributed by atoms with Crippen molar-refractivity contribution in [2.24, 2.45) is 17.8 Å². The second-order valence-corrected chi connectivity index (χ2v) is 13.0. The molecule has 0 spiro atoms. The number of allylic oxidation sites excluding steroid dienone is 1. The lowest BCUT2D eigenvalue weighted by Crippen LogP contribution is -2.58. The summed E-state index contributed by atoms with van der Waals surface area (Å²) in [5, 5.41) is 29.4. The van der Waals surface area contributed by atoms with Gasteiger partial charge < -0.3 is 19.8 Å². The third-order valence-electron chi connectivity index (χ3n) is 9.23. The molecule has 0 radical (unpaired) electrons. The standard InChI is InChI=1S/C36H67NO6/c1-5-9-10-11-12-13-14-15-16-17-18-19-20-21-22-23-24-25-26-27-37(28-31(6-2)34(38)39,29-32(7-3)35(40)41)30-33(8-4)36(42)43/h25-26,31-33H,5-24,27-30H2,1-4H3,(H2-,38,39,40,41,42,43)/p+1/b26-25+. The number of hydrogen-bond donors (Lipinski definition) is 3. The third kappa shape index (κ3) is 20.7. The Morgan fingerprint density at radius 2 is 0.791 bits per heavy atom. The quantitative estimate of drug-likeness (QED) is 0.0410. The summed E-state index contributed by atoms with van der Waals surface area (Å²) in [7, 11) is 0. The summed E-state index contributed by atoms with van der Waals surface area (Å²) in [6, 6.07) is 0. The predicted molar refractivity (Wildman–Crippen MR) is 177 cm³/mol. The Morgan fingerprint density at radius 1 is 0.488 bits per heavy atom. The Bertz CT molecular complexity index is 692. The van der Waals surface area contributed by atoms with Crippen LogP contribution in [0, 0.1) is 17.8 Å². The molecule has 252 valence electrons. The van der Waals surface area contributed by atoms with Crippen LogP contribution in [0.3, 0.4) is 0 Å². The summed E-state index contributed by atoms with van der Waals surface area (Å²) >= 11 is 0. The number of hydrogen-bond acceptors (Lipinski definition) is 3. The zero-order chi connectivity index (χ0) is 32.3. The molecule has 0 aromatic carbocycles. The highest BCUT2D eigenvalue weighted by atomic mass is 16.4. The van der Waals surface area contributed by atoms with E-state index in [0.29, 0.717) is 25.8 Å². The van der Waals surface area contributed by atoms with Crippen molar-refractivity contribution in [3.05, 3.63) is 12.2 Å². The molecule has 0 fully saturated rings. The fourth-order valence-corrected chi connectivity index (χ4v) is 6.22. The first-order chi connectivity index (χ1) is 20.7. The number of quaternary nitrogens is 1. The van der Waals surface area contributed by atoms with Crippen molar-refractivity contribution >= 4 is 17.9 Å². The molecular weight excluding hydrogens is 542 g/mol. The summed E-state index contributed by atoms with van der Waals surface area (Å²) in [6.45, 7) is 8.91. The molecular formula is C36H68NO6+. The van der Waals surface area contributed by atoms with Gasteiger partial charge in [-0.05, 0) is 38.2 Å². The number of rotatable bonds is 31. The van der Waals surface area contributed by atoms with E-state index in [4.69, 9.17) is 0 Å². The minimum atomic E-state index is -0.908. The summed E-state index contributed by atoms with van der Waals surface area (Å²) in [5.41, 5.74) is 0. The monoisotopic (exact) mass is 611 g/mol. The van der Waals surface area contributed by atoms with Gasteiger partial charge in [0.15, 0.2) is 0 Å². The van der Waals surface area contributed by atoms with E-state index in [-0.39, 0.29) is 24.1 Å². The highest BCUT2D eigenvalue weighted by molar-refractivity contribution is 5.71. The second kappa shape index (κ2) is 26.5. The molecule has 0 saturated carbocycles. The third-order valence-corrected chi connectivity index (χ3v) is 9.23. The number of nitrogens with zero attached hydrogens (tertiary/aromatic N) is 1. The molecule has 0 bridgehead atoms. The van der Waals surface area contributed by atoms with Crippen molar-refractivity contribution in [3.63, 3.8) is 0 Å². The van der Waals surface area contributed by atoms with Gasteiger partial charge in [0.2, 0.25) is 0 Å². The van der Waals surface area contributed by atoms with Crippen LogP contribution >= 0.6 is 0 Å². The average molecular weight is 611 g/mol. The van der Waals surface area contributed by atoms with E-state index in [9.17, 15) is 29.7 Å². The maximum Gasteiger partial charge on any atom is 0.312 e. The van der Waals surface area contributed by atoms with Crippen LogP contribution in [0.5, 0.6) is 0 Å². The average Bonchev–Trinajstić information content (AvgIpc) is 2.98. The molecule has 0 aliphatic rings. The lowest BCUT2D eigenvalue weighted by atomic mass is 9.96. The predicted octanol–water partition coefficient (Wildman–Crippen LogP) is 9.34. The summed E-state index contributed by atoms with van der Waals surface area (Å²) in [6.07, 6.45) is 27.7. The highest BCUT2D eigenvalue weighted by Gasteiger charge is 2.39. The van der Waals surface area contributed by atoms with Crippen molar-refractivity contribution in [2.75, 3.05) is 26.2 Å². The first-order valence-electron chi connectivity index (χ1n) is 17.8. The van der Waals surface area contributed by atoms with Crippen LogP contribution in [0.4, 0.5) is 0 Å². The number of carboxylic acids is 3. The molecule has 0 aliphatic heterocycles. The molecule has 0 aromatic heterocycles. The molecule has 0 amide bonds. The number of carbonyl (C=O) groups is 3. The topological polar surface area (TPSA) is 112 Å². The Kier molecular flexibility index (Phi) is 25.3. The fraction of sp³-hybridized carbons (Fsp3) is 0.861. The molecule has 0 rings (SSSR count). The smallest absolute Gasteiger partial charge is 0.312 e. The largest absolute Gasteiger partial charge is 0.481 e. The van der Waals surface area contributed by atoms with E-state index in [2.05, 4.69) is 13.0 Å². The SMILES string of the molecule is CCCCCCCCCCCCCCCCCC/C=C/C[N+](CC(CC)C(=O)O)(CC(CC)C(=O)O)CC(CC)C(=O)O. The van der Waals surface area contributed by atoms with Crippen LogP contribution in [-0.4, -0.2) is 63.9 Å². The van der Waals surface area contributed by atoms with Gasteiger partial charge in [0, 0.05) is 0 Å². The van der Waals surface area contributed by atoms with Gasteiger partial charge in [0.25, 0.3) is 0 Å². The van der Waals surface area contributed by atoms with Gasteiger partial charge in [-0.1, -0.05) is 130 Å². The molecule has 7 heteroatoms. The molecule has 0 aromatic rings. The summed E-state index contributed by atoms with van der Waals surface area (Å²) in [5.74, 6) is -4.67. The molecule has 0 heterocycles. The van der Waals surface area contributed by atoms with Crippen LogP contribution in [0.15, 0.2) is 12.2 Å². The molecule has 43 heavy (non-hydrogen) atoms. The van der Waals surface area contributed by atoms with E-state index < -0.39 is 35.7 Å². The van der Waals surface area contributed by atoms with Gasteiger partial charge in [-0.15, -0.1) is 0 Å². The van der Waals surface area contributed by atoms with Crippen molar-refractivity contribution in [1.82, 2.24) is 0 Å². The minimum absolute atomic E-state index is 0.176. The van der Waals surface area contributed by atoms with E-state index in [0.717, 1.165) is 12.8 Å². The Hall–Kier alpha value is -1.89. The van der Waals surface area contributed by atoms with Crippen LogP contribution < -0.4 is 0 Å². The van der Waals surface area contributed by atoms with E-state index in [1.807, 2.05) is 26.8 Å². The van der Waals surface area contributed by atoms with Crippen LogP contribution in [0.2, 0.25) is 0 Å². The maximum atomic E-state index is 12.0. The molecule has 3 N–H and O–H groups in total. The van der Waals surface area contributed by atoms with Crippen molar-refractivity contribution < 1.29 is 34.2 Å². The zero-order valence-corrected chi connectivity index (χ0v) is 28.4. The van der Waals surface area contributed by atoms with Gasteiger partial charge in [-0.25, -0.2) is 0 Å². The van der Waals surface area contributed by atoms with E-state index >= 15 is 0 Å². The van der Waals surface area contributed by atoms with Gasteiger partial charge in [-0.3, -0.25) is 14.4 Å². The van der Waals surface area contributed by atoms with Crippen LogP contribution in [-0.2, 0) is 14.4 Å². The Morgan fingerprint density at radius 3 is 1.07 bits per heavy atom. The van der Waals surface area contributed by atoms with Crippen molar-refractivity contribution in [1.29, 1.82) is 0 Å². The van der Waals surface area contributed by atoms with Gasteiger partial charge >= 0.3 is 17.9 Å². The first kappa shape index (κ1) is 41.1. The lowest BCUT2D eigenvalue weighted by Gasteiger charge is -2.42. The number of unbranched alkanes of at least 4 members (excludes halogenated alkanes) is 16. The fourth-order valence-electron chi connectivity index (χ4n) is 6.22. The zero-order valence-electron chi connectivity index (χ0n) is 28.4. The van der Waals surface area contributed by atoms with Gasteiger partial charge in [0.05, 0.1) is 26.2 Å². The summed E-state index contributed by atoms with van der Waals surface area (Å²) < 4.78 is 0.176. The Balaban J connectivity index is 4.70. The molecule has 0 saturated heterocycles. The van der Waals surface area contributed by atoms with Crippen molar-refractivity contribution in [3.8, 4) is 0 Å². The van der Waals surface area contributed by atoms with Gasteiger partial charge in [0.1, 0.15) is 17.8 Å². The molecule has 3 atom stereocenters. The minimum Gasteiger partial charge on any atom is -0.481 e. The molecule has 7 nitrogen and oxygen atoms in total. The van der Waals surface area contributed by atoms with Gasteiger partial charge in [-0.2, -0.15) is 0 Å². The maximum absolute atomic E-state index is 12.0. The number of carboxylic acid groups (broad SMARTS) is 3. The number of aliphatic carboxylic acids is 3. The second-order valence-electron chi connectivity index (χ2n) is 13.0. The highest BCUT2D eigenvalue weighted by Crippen LogP contribution is 2.24.